The molecule has 0 bridgehead atoms. The Kier molecular flexibility index (Phi) is 4.90. The number of halogens is 1. The number of hydrogen-bond donors (Lipinski definition) is 0. The third kappa shape index (κ3) is 3.51. The predicted octanol–water partition coefficient (Wildman–Crippen LogP) is 5.39. The summed E-state index contributed by atoms with van der Waals surface area (Å²) in [4.78, 5) is 17.8. The molecule has 6 heteroatoms. The van der Waals surface area contributed by atoms with Gasteiger partial charge in [0.1, 0.15) is 10.5 Å². The van der Waals surface area contributed by atoms with Crippen molar-refractivity contribution in [3.63, 3.8) is 0 Å². The maximum atomic E-state index is 13.4. The molecule has 1 aromatic carbocycles. The first-order valence-corrected chi connectivity index (χ1v) is 10.5. The summed E-state index contributed by atoms with van der Waals surface area (Å²) in [6.07, 6.45) is 5.63. The van der Waals surface area contributed by atoms with Crippen molar-refractivity contribution in [3.8, 4) is 0 Å². The molecule has 1 saturated carbocycles. The first-order valence-electron chi connectivity index (χ1n) is 8.59. The zero-order valence-electron chi connectivity index (χ0n) is 13.8. The highest BCUT2D eigenvalue weighted by Gasteiger charge is 2.22. The summed E-state index contributed by atoms with van der Waals surface area (Å²) >= 11 is 2.99. The Morgan fingerprint density at radius 2 is 2.08 bits per heavy atom. The Hall–Kier alpha value is -1.66. The molecule has 0 atom stereocenters. The summed E-state index contributed by atoms with van der Waals surface area (Å²) < 4.78 is 16.1. The van der Waals surface area contributed by atoms with Crippen LogP contribution in [-0.4, -0.2) is 9.55 Å². The minimum absolute atomic E-state index is 0.0774. The molecule has 1 aliphatic rings. The van der Waals surface area contributed by atoms with Gasteiger partial charge in [-0.2, -0.15) is 0 Å². The molecule has 0 radical (unpaired) electrons. The lowest BCUT2D eigenvalue weighted by molar-refractivity contribution is 0.326. The summed E-state index contributed by atoms with van der Waals surface area (Å²) in [5.41, 5.74) is 1.75. The molecule has 0 N–H and O–H groups in total. The number of nitrogens with zero attached hydrogens (tertiary/aromatic N) is 2. The Bertz CT molecular complexity index is 944. The van der Waals surface area contributed by atoms with Crippen molar-refractivity contribution in [2.24, 2.45) is 0 Å². The summed E-state index contributed by atoms with van der Waals surface area (Å²) in [7, 11) is 0. The highest BCUT2D eigenvalue weighted by molar-refractivity contribution is 7.98. The van der Waals surface area contributed by atoms with Gasteiger partial charge in [-0.15, -0.1) is 11.3 Å². The van der Waals surface area contributed by atoms with E-state index < -0.39 is 0 Å². The van der Waals surface area contributed by atoms with E-state index in [1.54, 1.807) is 12.1 Å². The van der Waals surface area contributed by atoms with Crippen molar-refractivity contribution in [1.82, 2.24) is 9.55 Å². The number of fused-ring (bicyclic) bond motifs is 1. The van der Waals surface area contributed by atoms with Crippen LogP contribution in [0.3, 0.4) is 0 Å². The van der Waals surface area contributed by atoms with Gasteiger partial charge in [0.05, 0.1) is 5.52 Å². The van der Waals surface area contributed by atoms with Crippen molar-refractivity contribution in [2.45, 2.75) is 49.1 Å². The predicted molar refractivity (Wildman–Crippen MR) is 102 cm³/mol. The molecule has 1 fully saturated rings. The van der Waals surface area contributed by atoms with Gasteiger partial charge in [0, 0.05) is 11.8 Å². The second kappa shape index (κ2) is 7.30. The molecule has 0 saturated heterocycles. The average molecular weight is 375 g/mol. The standard InChI is InChI=1S/C19H19FN2OS2/c20-14-6-4-5-13(11-14)12-25-19-21-16-9-10-24-17(16)18(23)22(19)15-7-2-1-3-8-15/h4-6,9-11,15H,1-3,7-8,12H2. The van der Waals surface area contributed by atoms with E-state index in [0.717, 1.165) is 46.6 Å². The number of rotatable bonds is 4. The Balaban J connectivity index is 1.71. The molecule has 0 unspecified atom stereocenters. The van der Waals surface area contributed by atoms with Crippen LogP contribution in [0.5, 0.6) is 0 Å². The molecule has 0 spiro atoms. The molecule has 2 aromatic heterocycles. The normalized spacial score (nSPS) is 15.7. The second-order valence-corrected chi connectivity index (χ2v) is 8.27. The van der Waals surface area contributed by atoms with Crippen molar-refractivity contribution in [3.05, 3.63) is 57.4 Å². The number of hydrogen-bond acceptors (Lipinski definition) is 4. The lowest BCUT2D eigenvalue weighted by Gasteiger charge is -2.25. The summed E-state index contributed by atoms with van der Waals surface area (Å²) in [5, 5.41) is 2.68. The summed E-state index contributed by atoms with van der Waals surface area (Å²) in [6.45, 7) is 0. The van der Waals surface area contributed by atoms with Crippen molar-refractivity contribution >= 4 is 33.3 Å². The minimum Gasteiger partial charge on any atom is -0.283 e. The molecule has 25 heavy (non-hydrogen) atoms. The van der Waals surface area contributed by atoms with Gasteiger partial charge in [-0.05, 0) is 42.0 Å². The largest absolute Gasteiger partial charge is 0.283 e. The van der Waals surface area contributed by atoms with E-state index >= 15 is 0 Å². The topological polar surface area (TPSA) is 34.9 Å². The monoisotopic (exact) mass is 374 g/mol. The molecule has 1 aliphatic carbocycles. The van der Waals surface area contributed by atoms with Crippen LogP contribution in [0.15, 0.2) is 45.7 Å². The molecule has 0 aliphatic heterocycles. The van der Waals surface area contributed by atoms with E-state index in [-0.39, 0.29) is 17.4 Å². The summed E-state index contributed by atoms with van der Waals surface area (Å²) in [6, 6.07) is 8.74. The fraction of sp³-hybridized carbons (Fsp3) is 0.368. The maximum absolute atomic E-state index is 13.4. The fourth-order valence-electron chi connectivity index (χ4n) is 3.44. The van der Waals surface area contributed by atoms with Crippen LogP contribution in [0.2, 0.25) is 0 Å². The van der Waals surface area contributed by atoms with E-state index in [1.165, 1.54) is 35.6 Å². The molecule has 4 rings (SSSR count). The van der Waals surface area contributed by atoms with Gasteiger partial charge in [-0.1, -0.05) is 43.2 Å². The zero-order valence-corrected chi connectivity index (χ0v) is 15.4. The van der Waals surface area contributed by atoms with E-state index in [1.807, 2.05) is 22.1 Å². The number of thiophene rings is 1. The lowest BCUT2D eigenvalue weighted by Crippen LogP contribution is -2.28. The maximum Gasteiger partial charge on any atom is 0.272 e. The molecular formula is C19H19FN2OS2. The van der Waals surface area contributed by atoms with Gasteiger partial charge in [0.2, 0.25) is 0 Å². The van der Waals surface area contributed by atoms with Gasteiger partial charge in [0.25, 0.3) is 5.56 Å². The van der Waals surface area contributed by atoms with Gasteiger partial charge < -0.3 is 0 Å². The molecule has 3 nitrogen and oxygen atoms in total. The van der Waals surface area contributed by atoms with Gasteiger partial charge in [-0.3, -0.25) is 9.36 Å². The Morgan fingerprint density at radius 3 is 2.88 bits per heavy atom. The van der Waals surface area contributed by atoms with Crippen molar-refractivity contribution in [2.75, 3.05) is 0 Å². The van der Waals surface area contributed by atoms with Crippen LogP contribution in [0.4, 0.5) is 4.39 Å². The smallest absolute Gasteiger partial charge is 0.272 e. The van der Waals surface area contributed by atoms with Gasteiger partial charge in [0.15, 0.2) is 5.16 Å². The van der Waals surface area contributed by atoms with E-state index in [4.69, 9.17) is 4.98 Å². The molecule has 130 valence electrons. The molecule has 0 amide bonds. The SMILES string of the molecule is O=c1c2sccc2nc(SCc2cccc(F)c2)n1C1CCCCC1. The van der Waals surface area contributed by atoms with E-state index in [2.05, 4.69) is 0 Å². The fourth-order valence-corrected chi connectivity index (χ4v) is 5.22. The van der Waals surface area contributed by atoms with E-state index in [9.17, 15) is 9.18 Å². The highest BCUT2D eigenvalue weighted by Crippen LogP contribution is 2.32. The number of thioether (sulfide) groups is 1. The van der Waals surface area contributed by atoms with Gasteiger partial charge >= 0.3 is 0 Å². The van der Waals surface area contributed by atoms with Gasteiger partial charge in [-0.25, -0.2) is 9.37 Å². The van der Waals surface area contributed by atoms with Crippen LogP contribution in [-0.2, 0) is 5.75 Å². The van der Waals surface area contributed by atoms with E-state index in [0.29, 0.717) is 5.75 Å². The molecule has 2 heterocycles. The van der Waals surface area contributed by atoms with Crippen LogP contribution < -0.4 is 5.56 Å². The first-order chi connectivity index (χ1) is 12.2. The quantitative estimate of drug-likeness (QED) is 0.453. The lowest BCUT2D eigenvalue weighted by atomic mass is 9.95. The third-order valence-electron chi connectivity index (χ3n) is 4.68. The van der Waals surface area contributed by atoms with Crippen molar-refractivity contribution < 1.29 is 4.39 Å². The average Bonchev–Trinajstić information content (AvgIpc) is 3.10. The third-order valence-corrected chi connectivity index (χ3v) is 6.59. The Labute approximate surface area is 153 Å². The first kappa shape index (κ1) is 16.8. The molecular weight excluding hydrogens is 355 g/mol. The van der Waals surface area contributed by atoms with Crippen LogP contribution in [0.1, 0.15) is 43.7 Å². The van der Waals surface area contributed by atoms with Crippen LogP contribution in [0, 0.1) is 5.82 Å². The van der Waals surface area contributed by atoms with Crippen LogP contribution >= 0.6 is 23.1 Å². The zero-order chi connectivity index (χ0) is 17.2. The highest BCUT2D eigenvalue weighted by atomic mass is 32.2. The second-order valence-electron chi connectivity index (χ2n) is 6.41. The Morgan fingerprint density at radius 1 is 1.24 bits per heavy atom. The van der Waals surface area contributed by atoms with Crippen LogP contribution in [0.25, 0.3) is 10.2 Å². The minimum atomic E-state index is -0.232. The number of benzene rings is 1. The van der Waals surface area contributed by atoms with Crippen molar-refractivity contribution in [1.29, 1.82) is 0 Å². The molecule has 3 aromatic rings. The number of aromatic nitrogens is 2. The summed E-state index contributed by atoms with van der Waals surface area (Å²) in [5.74, 6) is 0.371.